The lowest BCUT2D eigenvalue weighted by atomic mass is 9.99. The summed E-state index contributed by atoms with van der Waals surface area (Å²) in [6, 6.07) is 8.90. The van der Waals surface area contributed by atoms with E-state index in [1.807, 2.05) is 0 Å². The summed E-state index contributed by atoms with van der Waals surface area (Å²) >= 11 is 0. The maximum atomic E-state index is 12.1. The molecule has 154 valence electrons. The van der Waals surface area contributed by atoms with Crippen molar-refractivity contribution < 1.29 is 4.79 Å². The van der Waals surface area contributed by atoms with E-state index in [4.69, 9.17) is 5.73 Å². The van der Waals surface area contributed by atoms with Gasteiger partial charge < -0.3 is 11.1 Å². The lowest BCUT2D eigenvalue weighted by Gasteiger charge is -2.30. The molecular formula is C21H35Cl2N3O. The highest BCUT2D eigenvalue weighted by molar-refractivity contribution is 5.85. The van der Waals surface area contributed by atoms with E-state index in [2.05, 4.69) is 41.4 Å². The van der Waals surface area contributed by atoms with E-state index in [1.54, 1.807) is 0 Å². The minimum atomic E-state index is 0. The summed E-state index contributed by atoms with van der Waals surface area (Å²) in [5.41, 5.74) is 8.58. The maximum Gasteiger partial charge on any atom is 0.220 e. The van der Waals surface area contributed by atoms with Crippen LogP contribution < -0.4 is 11.1 Å². The maximum absolute atomic E-state index is 12.1. The van der Waals surface area contributed by atoms with Crippen LogP contribution in [-0.2, 0) is 17.9 Å². The molecule has 4 nitrogen and oxygen atoms in total. The largest absolute Gasteiger partial charge is 0.352 e. The van der Waals surface area contributed by atoms with Gasteiger partial charge in [-0.25, -0.2) is 0 Å². The molecule has 1 aliphatic carbocycles. The van der Waals surface area contributed by atoms with E-state index in [1.165, 1.54) is 37.1 Å². The fourth-order valence-corrected chi connectivity index (χ4v) is 4.28. The molecule has 1 saturated heterocycles. The summed E-state index contributed by atoms with van der Waals surface area (Å²) in [5, 5.41) is 3.05. The van der Waals surface area contributed by atoms with Crippen LogP contribution in [0.4, 0.5) is 0 Å². The molecule has 2 fully saturated rings. The van der Waals surface area contributed by atoms with Gasteiger partial charge in [0.25, 0.3) is 0 Å². The number of nitrogens with two attached hydrogens (primary N) is 1. The molecule has 0 aromatic heterocycles. The second kappa shape index (κ2) is 11.9. The van der Waals surface area contributed by atoms with Crippen LogP contribution in [-0.4, -0.2) is 29.9 Å². The summed E-state index contributed by atoms with van der Waals surface area (Å²) in [4.78, 5) is 14.7. The normalized spacial score (nSPS) is 25.3. The van der Waals surface area contributed by atoms with Crippen molar-refractivity contribution in [1.29, 1.82) is 0 Å². The average Bonchev–Trinajstić information content (AvgIpc) is 2.99. The molecule has 1 aromatic carbocycles. The number of amides is 1. The van der Waals surface area contributed by atoms with Crippen LogP contribution in [0.3, 0.4) is 0 Å². The van der Waals surface area contributed by atoms with Crippen LogP contribution in [0, 0.1) is 11.8 Å². The third-order valence-electron chi connectivity index (χ3n) is 5.83. The number of nitrogens with one attached hydrogen (secondary N) is 1. The number of piperidine rings is 1. The van der Waals surface area contributed by atoms with Crippen LogP contribution in [0.1, 0.15) is 56.6 Å². The number of nitrogens with zero attached hydrogens (tertiary/aromatic N) is 1. The second-order valence-corrected chi connectivity index (χ2v) is 8.13. The first kappa shape index (κ1) is 24.2. The van der Waals surface area contributed by atoms with Crippen molar-refractivity contribution in [2.45, 2.75) is 64.6 Å². The van der Waals surface area contributed by atoms with Gasteiger partial charge in [0.2, 0.25) is 5.91 Å². The number of hydrogen-bond donors (Lipinski definition) is 2. The molecule has 1 aromatic rings. The Morgan fingerprint density at radius 1 is 1.11 bits per heavy atom. The molecule has 3 N–H and O–H groups in total. The zero-order chi connectivity index (χ0) is 17.6. The van der Waals surface area contributed by atoms with Crippen LogP contribution in [0.2, 0.25) is 0 Å². The van der Waals surface area contributed by atoms with Gasteiger partial charge >= 0.3 is 0 Å². The molecular weight excluding hydrogens is 381 g/mol. The van der Waals surface area contributed by atoms with Crippen molar-refractivity contribution in [2.24, 2.45) is 17.6 Å². The molecule has 0 bridgehead atoms. The number of rotatable bonds is 6. The van der Waals surface area contributed by atoms with Gasteiger partial charge in [-0.05, 0) is 55.2 Å². The van der Waals surface area contributed by atoms with Crippen LogP contribution in [0.25, 0.3) is 0 Å². The van der Waals surface area contributed by atoms with E-state index < -0.39 is 0 Å². The Balaban J connectivity index is 0.00000182. The van der Waals surface area contributed by atoms with Gasteiger partial charge in [-0.1, -0.05) is 37.6 Å². The van der Waals surface area contributed by atoms with Crippen molar-refractivity contribution in [3.8, 4) is 0 Å². The van der Waals surface area contributed by atoms with E-state index in [-0.39, 0.29) is 36.8 Å². The third kappa shape index (κ3) is 7.61. The molecule has 6 heteroatoms. The first-order valence-electron chi connectivity index (χ1n) is 9.92. The molecule has 1 heterocycles. The predicted octanol–water partition coefficient (Wildman–Crippen LogP) is 3.90. The minimum absolute atomic E-state index is 0. The molecule has 3 rings (SSSR count). The quantitative estimate of drug-likeness (QED) is 0.740. The smallest absolute Gasteiger partial charge is 0.220 e. The number of halogens is 2. The number of hydrogen-bond acceptors (Lipinski definition) is 3. The molecule has 0 spiro atoms. The third-order valence-corrected chi connectivity index (χ3v) is 5.83. The SMILES string of the molecule is CC1CCCN(Cc2ccc(CNC(=O)C[C@@H]3CCC[C@H]3N)cc2)C1.Cl.Cl. The van der Waals surface area contributed by atoms with Crippen molar-refractivity contribution in [3.63, 3.8) is 0 Å². The number of carbonyl (C=O) groups excluding carboxylic acids is 1. The summed E-state index contributed by atoms with van der Waals surface area (Å²) in [7, 11) is 0. The highest BCUT2D eigenvalue weighted by Crippen LogP contribution is 2.26. The molecule has 27 heavy (non-hydrogen) atoms. The van der Waals surface area contributed by atoms with Gasteiger partial charge in [0.15, 0.2) is 0 Å². The lowest BCUT2D eigenvalue weighted by Crippen LogP contribution is -2.33. The van der Waals surface area contributed by atoms with Crippen LogP contribution in [0.5, 0.6) is 0 Å². The van der Waals surface area contributed by atoms with E-state index in [0.717, 1.165) is 31.7 Å². The summed E-state index contributed by atoms with van der Waals surface area (Å²) < 4.78 is 0. The van der Waals surface area contributed by atoms with Crippen LogP contribution in [0.15, 0.2) is 24.3 Å². The fraction of sp³-hybridized carbons (Fsp3) is 0.667. The van der Waals surface area contributed by atoms with Crippen molar-refractivity contribution >= 4 is 30.7 Å². The number of likely N-dealkylation sites (tertiary alicyclic amines) is 1. The Bertz CT molecular complexity index is 567. The van der Waals surface area contributed by atoms with Gasteiger partial charge in [0.05, 0.1) is 0 Å². The lowest BCUT2D eigenvalue weighted by molar-refractivity contribution is -0.122. The van der Waals surface area contributed by atoms with Gasteiger partial charge in [-0.2, -0.15) is 0 Å². The summed E-state index contributed by atoms with van der Waals surface area (Å²) in [5.74, 6) is 1.32. The summed E-state index contributed by atoms with van der Waals surface area (Å²) in [6.07, 6.45) is 6.58. The van der Waals surface area contributed by atoms with E-state index in [9.17, 15) is 4.79 Å². The van der Waals surface area contributed by atoms with Crippen molar-refractivity contribution in [3.05, 3.63) is 35.4 Å². The molecule has 1 aliphatic heterocycles. The minimum Gasteiger partial charge on any atom is -0.352 e. The molecule has 1 amide bonds. The van der Waals surface area contributed by atoms with Gasteiger partial charge in [0, 0.05) is 32.1 Å². The second-order valence-electron chi connectivity index (χ2n) is 8.13. The zero-order valence-electron chi connectivity index (χ0n) is 16.4. The van der Waals surface area contributed by atoms with Gasteiger partial charge in [0.1, 0.15) is 0 Å². The first-order chi connectivity index (χ1) is 12.1. The van der Waals surface area contributed by atoms with E-state index in [0.29, 0.717) is 18.9 Å². The molecule has 1 saturated carbocycles. The fourth-order valence-electron chi connectivity index (χ4n) is 4.28. The highest BCUT2D eigenvalue weighted by Gasteiger charge is 2.25. The number of carbonyl (C=O) groups is 1. The Hall–Kier alpha value is -0.810. The number of benzene rings is 1. The van der Waals surface area contributed by atoms with Gasteiger partial charge in [-0.15, -0.1) is 24.8 Å². The molecule has 2 aliphatic rings. The van der Waals surface area contributed by atoms with Gasteiger partial charge in [-0.3, -0.25) is 9.69 Å². The Labute approximate surface area is 176 Å². The zero-order valence-corrected chi connectivity index (χ0v) is 18.0. The molecule has 0 radical (unpaired) electrons. The van der Waals surface area contributed by atoms with E-state index >= 15 is 0 Å². The predicted molar refractivity (Wildman–Crippen MR) is 116 cm³/mol. The Kier molecular flexibility index (Phi) is 10.7. The average molecular weight is 416 g/mol. The monoisotopic (exact) mass is 415 g/mol. The Morgan fingerprint density at radius 3 is 2.44 bits per heavy atom. The first-order valence-corrected chi connectivity index (χ1v) is 9.92. The standard InChI is InChI=1S/C21H33N3O.2ClH/c1-16-4-3-11-24(14-16)15-18-9-7-17(8-10-18)13-23-21(25)12-19-5-2-6-20(19)22;;/h7-10,16,19-20H,2-6,11-15,22H2,1H3,(H,23,25);2*1H/t16?,19-,20+;;/m0../s1. The van der Waals surface area contributed by atoms with Crippen molar-refractivity contribution in [2.75, 3.05) is 13.1 Å². The molecule has 1 unspecified atom stereocenters. The van der Waals surface area contributed by atoms with Crippen molar-refractivity contribution in [1.82, 2.24) is 10.2 Å². The Morgan fingerprint density at radius 2 is 1.81 bits per heavy atom. The topological polar surface area (TPSA) is 58.4 Å². The highest BCUT2D eigenvalue weighted by atomic mass is 35.5. The molecule has 3 atom stereocenters. The van der Waals surface area contributed by atoms with Crippen LogP contribution >= 0.6 is 24.8 Å². The summed E-state index contributed by atoms with van der Waals surface area (Å²) in [6.45, 7) is 6.42.